The van der Waals surface area contributed by atoms with Crippen molar-refractivity contribution in [1.29, 1.82) is 0 Å². The van der Waals surface area contributed by atoms with Gasteiger partial charge in [-0.1, -0.05) is 31.5 Å². The van der Waals surface area contributed by atoms with E-state index in [1.165, 1.54) is 25.7 Å². The van der Waals surface area contributed by atoms with Gasteiger partial charge in [-0.3, -0.25) is 5.10 Å². The normalized spacial score (nSPS) is 26.7. The van der Waals surface area contributed by atoms with Crippen LogP contribution in [0.1, 0.15) is 32.6 Å². The Bertz CT molecular complexity index is 273. The van der Waals surface area contributed by atoms with E-state index in [1.807, 2.05) is 11.8 Å². The van der Waals surface area contributed by atoms with Crippen molar-refractivity contribution >= 4 is 11.8 Å². The molecule has 15 heavy (non-hydrogen) atoms. The highest BCUT2D eigenvalue weighted by atomic mass is 32.2. The Morgan fingerprint density at radius 3 is 3.13 bits per heavy atom. The second kappa shape index (κ2) is 5.51. The van der Waals surface area contributed by atoms with Gasteiger partial charge < -0.3 is 5.32 Å². The molecule has 1 heterocycles. The van der Waals surface area contributed by atoms with Crippen LogP contribution in [-0.2, 0) is 0 Å². The Balaban J connectivity index is 1.92. The first-order valence-electron chi connectivity index (χ1n) is 5.65. The minimum Gasteiger partial charge on any atom is -0.313 e. The number of aromatic nitrogens is 3. The zero-order chi connectivity index (χ0) is 10.5. The zero-order valence-corrected chi connectivity index (χ0v) is 9.89. The van der Waals surface area contributed by atoms with Crippen LogP contribution in [0.15, 0.2) is 11.5 Å². The number of rotatable bonds is 4. The highest BCUT2D eigenvalue weighted by Gasteiger charge is 2.25. The van der Waals surface area contributed by atoms with Gasteiger partial charge in [0.1, 0.15) is 6.33 Å². The van der Waals surface area contributed by atoms with Crippen molar-refractivity contribution in [1.82, 2.24) is 20.5 Å². The Labute approximate surface area is 94.6 Å². The molecule has 0 saturated heterocycles. The first-order chi connectivity index (χ1) is 7.40. The van der Waals surface area contributed by atoms with Crippen LogP contribution in [0.4, 0.5) is 0 Å². The molecule has 2 rings (SSSR count). The first-order valence-corrected chi connectivity index (χ1v) is 6.53. The summed E-state index contributed by atoms with van der Waals surface area (Å²) in [4.78, 5) is 4.17. The van der Waals surface area contributed by atoms with E-state index in [0.29, 0.717) is 11.3 Å². The molecular formula is C10H18N4S. The monoisotopic (exact) mass is 226 g/mol. The summed E-state index contributed by atoms with van der Waals surface area (Å²) < 4.78 is 0. The minimum atomic E-state index is 0.638. The predicted molar refractivity (Wildman–Crippen MR) is 62.0 cm³/mol. The minimum absolute atomic E-state index is 0.638. The van der Waals surface area contributed by atoms with Gasteiger partial charge in [0, 0.05) is 11.3 Å². The first kappa shape index (κ1) is 11.0. The van der Waals surface area contributed by atoms with Gasteiger partial charge in [0.05, 0.1) is 0 Å². The third-order valence-electron chi connectivity index (χ3n) is 2.82. The van der Waals surface area contributed by atoms with Gasteiger partial charge in [0.25, 0.3) is 0 Å². The van der Waals surface area contributed by atoms with Crippen molar-refractivity contribution < 1.29 is 0 Å². The van der Waals surface area contributed by atoms with Crippen molar-refractivity contribution in [3.63, 3.8) is 0 Å². The molecule has 0 bridgehead atoms. The Kier molecular flexibility index (Phi) is 4.02. The number of H-pyrrole nitrogens is 1. The van der Waals surface area contributed by atoms with Crippen LogP contribution in [0.2, 0.25) is 0 Å². The summed E-state index contributed by atoms with van der Waals surface area (Å²) in [6.07, 6.45) is 6.84. The van der Waals surface area contributed by atoms with Crippen LogP contribution in [0.3, 0.4) is 0 Å². The molecule has 1 aromatic rings. The highest BCUT2D eigenvalue weighted by molar-refractivity contribution is 7.99. The number of nitrogens with zero attached hydrogens (tertiary/aromatic N) is 2. The van der Waals surface area contributed by atoms with E-state index >= 15 is 0 Å². The topological polar surface area (TPSA) is 53.6 Å². The number of nitrogens with one attached hydrogen (secondary N) is 2. The maximum absolute atomic E-state index is 4.17. The van der Waals surface area contributed by atoms with E-state index in [2.05, 4.69) is 27.4 Å². The Morgan fingerprint density at radius 2 is 2.40 bits per heavy atom. The number of hydrogen-bond acceptors (Lipinski definition) is 4. The molecule has 0 spiro atoms. The van der Waals surface area contributed by atoms with Crippen molar-refractivity contribution in [2.75, 3.05) is 6.54 Å². The molecule has 2 N–H and O–H groups in total. The number of aromatic amines is 1. The van der Waals surface area contributed by atoms with Crippen LogP contribution < -0.4 is 5.32 Å². The Morgan fingerprint density at radius 1 is 1.53 bits per heavy atom. The predicted octanol–water partition coefficient (Wildman–Crippen LogP) is 1.82. The fourth-order valence-electron chi connectivity index (χ4n) is 2.13. The quantitative estimate of drug-likeness (QED) is 0.822. The van der Waals surface area contributed by atoms with Gasteiger partial charge in [-0.25, -0.2) is 4.98 Å². The standard InChI is InChI=1S/C10H18N4S/c1-2-11-8-5-3-4-6-9(8)15-10-12-7-13-14-10/h7-9,11H,2-6H2,1H3,(H,12,13,14). The molecule has 0 amide bonds. The molecule has 4 nitrogen and oxygen atoms in total. The third-order valence-corrected chi connectivity index (χ3v) is 4.11. The van der Waals surface area contributed by atoms with Crippen molar-refractivity contribution in [3.05, 3.63) is 6.33 Å². The van der Waals surface area contributed by atoms with Crippen molar-refractivity contribution in [2.24, 2.45) is 0 Å². The van der Waals surface area contributed by atoms with Gasteiger partial charge in [-0.15, -0.1) is 0 Å². The lowest BCUT2D eigenvalue weighted by molar-refractivity contribution is 0.390. The Hall–Kier alpha value is -0.550. The molecule has 0 aromatic carbocycles. The van der Waals surface area contributed by atoms with Gasteiger partial charge in [-0.2, -0.15) is 5.10 Å². The summed E-state index contributed by atoms with van der Waals surface area (Å²) in [6.45, 7) is 3.23. The molecule has 1 aliphatic carbocycles. The van der Waals surface area contributed by atoms with Crippen LogP contribution in [0.5, 0.6) is 0 Å². The average Bonchev–Trinajstić information content (AvgIpc) is 2.74. The molecule has 2 atom stereocenters. The van der Waals surface area contributed by atoms with E-state index in [-0.39, 0.29) is 0 Å². The summed E-state index contributed by atoms with van der Waals surface area (Å²) >= 11 is 1.83. The summed E-state index contributed by atoms with van der Waals surface area (Å²) in [5.74, 6) is 0. The molecule has 0 radical (unpaired) electrons. The van der Waals surface area contributed by atoms with Crippen molar-refractivity contribution in [3.8, 4) is 0 Å². The van der Waals surface area contributed by atoms with E-state index in [1.54, 1.807) is 6.33 Å². The summed E-state index contributed by atoms with van der Waals surface area (Å²) in [6, 6.07) is 0.638. The highest BCUT2D eigenvalue weighted by Crippen LogP contribution is 2.31. The number of hydrogen-bond donors (Lipinski definition) is 2. The smallest absolute Gasteiger partial charge is 0.183 e. The zero-order valence-electron chi connectivity index (χ0n) is 9.07. The largest absolute Gasteiger partial charge is 0.313 e. The summed E-state index contributed by atoms with van der Waals surface area (Å²) in [5, 5.41) is 12.0. The molecule has 84 valence electrons. The summed E-state index contributed by atoms with van der Waals surface area (Å²) in [5.41, 5.74) is 0. The molecule has 1 fully saturated rings. The van der Waals surface area contributed by atoms with Crippen LogP contribution in [0, 0.1) is 0 Å². The lowest BCUT2D eigenvalue weighted by Crippen LogP contribution is -2.40. The molecule has 1 saturated carbocycles. The second-order valence-electron chi connectivity index (χ2n) is 3.90. The van der Waals surface area contributed by atoms with E-state index in [9.17, 15) is 0 Å². The molecule has 5 heteroatoms. The molecule has 1 aromatic heterocycles. The summed E-state index contributed by atoms with van der Waals surface area (Å²) in [7, 11) is 0. The van der Waals surface area contributed by atoms with Gasteiger partial charge in [0.2, 0.25) is 0 Å². The number of thioether (sulfide) groups is 1. The second-order valence-corrected chi connectivity index (χ2v) is 5.12. The van der Waals surface area contributed by atoms with E-state index < -0.39 is 0 Å². The average molecular weight is 226 g/mol. The van der Waals surface area contributed by atoms with Crippen LogP contribution in [-0.4, -0.2) is 33.0 Å². The van der Waals surface area contributed by atoms with E-state index in [4.69, 9.17) is 0 Å². The van der Waals surface area contributed by atoms with E-state index in [0.717, 1.165) is 11.7 Å². The maximum Gasteiger partial charge on any atom is 0.183 e. The lowest BCUT2D eigenvalue weighted by atomic mass is 9.95. The van der Waals surface area contributed by atoms with Crippen molar-refractivity contribution in [2.45, 2.75) is 49.1 Å². The van der Waals surface area contributed by atoms with Gasteiger partial charge in [-0.05, 0) is 19.4 Å². The lowest BCUT2D eigenvalue weighted by Gasteiger charge is -2.30. The van der Waals surface area contributed by atoms with Gasteiger partial charge >= 0.3 is 0 Å². The SMILES string of the molecule is CCNC1CCCCC1Sc1ncn[nH]1. The van der Waals surface area contributed by atoms with Gasteiger partial charge in [0.15, 0.2) is 5.16 Å². The molecule has 2 unspecified atom stereocenters. The van der Waals surface area contributed by atoms with Crippen LogP contribution >= 0.6 is 11.8 Å². The third kappa shape index (κ3) is 2.95. The molecule has 0 aliphatic heterocycles. The fourth-order valence-corrected chi connectivity index (χ4v) is 3.31. The molecular weight excluding hydrogens is 208 g/mol. The maximum atomic E-state index is 4.17. The molecule has 1 aliphatic rings. The fraction of sp³-hybridized carbons (Fsp3) is 0.800. The van der Waals surface area contributed by atoms with Crippen LogP contribution in [0.25, 0.3) is 0 Å².